The maximum Gasteiger partial charge on any atom is 0.309 e. The number of aliphatic hydroxyl groups is 1. The van der Waals surface area contributed by atoms with Crippen LogP contribution in [0.3, 0.4) is 0 Å². The van der Waals surface area contributed by atoms with E-state index in [9.17, 15) is 14.9 Å². The van der Waals surface area contributed by atoms with E-state index in [2.05, 4.69) is 10.4 Å². The number of hydrogen-bond donors (Lipinski definition) is 2. The standard InChI is InChI=1S/C8H12N4O4/c1-6-7(12(15)16)4-11(10-6)5-8(14)9-2-3-13/h4,13H,2-3,5H2,1H3,(H,9,14). The van der Waals surface area contributed by atoms with Crippen LogP contribution in [-0.4, -0.2) is 38.9 Å². The molecular formula is C8H12N4O4. The van der Waals surface area contributed by atoms with E-state index in [0.717, 1.165) is 0 Å². The molecule has 0 saturated carbocycles. The normalized spacial score (nSPS) is 10.1. The Morgan fingerprint density at radius 1 is 1.75 bits per heavy atom. The van der Waals surface area contributed by atoms with Gasteiger partial charge in [-0.1, -0.05) is 0 Å². The monoisotopic (exact) mass is 228 g/mol. The lowest BCUT2D eigenvalue weighted by Crippen LogP contribution is -2.30. The Bertz CT molecular complexity index is 401. The largest absolute Gasteiger partial charge is 0.395 e. The van der Waals surface area contributed by atoms with Gasteiger partial charge in [-0.05, 0) is 6.92 Å². The molecule has 0 unspecified atom stereocenters. The summed E-state index contributed by atoms with van der Waals surface area (Å²) >= 11 is 0. The number of carbonyl (C=O) groups excluding carboxylic acids is 1. The second-order valence-corrected chi connectivity index (χ2v) is 3.13. The molecule has 1 heterocycles. The molecular weight excluding hydrogens is 216 g/mol. The molecule has 0 fully saturated rings. The molecule has 8 heteroatoms. The van der Waals surface area contributed by atoms with Gasteiger partial charge in [0.15, 0.2) is 0 Å². The Morgan fingerprint density at radius 2 is 2.44 bits per heavy atom. The minimum Gasteiger partial charge on any atom is -0.395 e. The Morgan fingerprint density at radius 3 is 2.94 bits per heavy atom. The predicted octanol–water partition coefficient (Wildman–Crippen LogP) is -0.792. The molecule has 88 valence electrons. The first-order valence-corrected chi connectivity index (χ1v) is 4.60. The fraction of sp³-hybridized carbons (Fsp3) is 0.500. The van der Waals surface area contributed by atoms with Crippen molar-refractivity contribution in [2.75, 3.05) is 13.2 Å². The summed E-state index contributed by atoms with van der Waals surface area (Å²) < 4.78 is 1.19. The van der Waals surface area contributed by atoms with Crippen molar-refractivity contribution in [2.45, 2.75) is 13.5 Å². The third-order valence-corrected chi connectivity index (χ3v) is 1.86. The minimum absolute atomic E-state index is 0.103. The van der Waals surface area contributed by atoms with Crippen molar-refractivity contribution in [1.82, 2.24) is 15.1 Å². The highest BCUT2D eigenvalue weighted by atomic mass is 16.6. The average molecular weight is 228 g/mol. The van der Waals surface area contributed by atoms with Crippen molar-refractivity contribution in [2.24, 2.45) is 0 Å². The molecule has 1 aromatic rings. The van der Waals surface area contributed by atoms with Gasteiger partial charge in [-0.25, -0.2) is 0 Å². The first-order valence-electron chi connectivity index (χ1n) is 4.60. The first-order chi connectivity index (χ1) is 7.54. The number of nitrogens with one attached hydrogen (secondary N) is 1. The summed E-state index contributed by atoms with van der Waals surface area (Å²) in [5.74, 6) is -0.355. The summed E-state index contributed by atoms with van der Waals surface area (Å²) in [5, 5.41) is 25.2. The molecule has 0 atom stereocenters. The summed E-state index contributed by atoms with van der Waals surface area (Å²) in [6.07, 6.45) is 1.20. The van der Waals surface area contributed by atoms with Gasteiger partial charge in [-0.15, -0.1) is 0 Å². The van der Waals surface area contributed by atoms with E-state index in [-0.39, 0.29) is 37.0 Å². The van der Waals surface area contributed by atoms with Gasteiger partial charge in [0, 0.05) is 6.54 Å². The predicted molar refractivity (Wildman–Crippen MR) is 53.7 cm³/mol. The molecule has 2 N–H and O–H groups in total. The van der Waals surface area contributed by atoms with Gasteiger partial charge in [-0.2, -0.15) is 5.10 Å². The molecule has 1 aromatic heterocycles. The zero-order chi connectivity index (χ0) is 12.1. The molecule has 1 rings (SSSR count). The van der Waals surface area contributed by atoms with E-state index >= 15 is 0 Å². The number of aryl methyl sites for hydroxylation is 1. The Hall–Kier alpha value is -1.96. The van der Waals surface area contributed by atoms with Crippen molar-refractivity contribution < 1.29 is 14.8 Å². The minimum atomic E-state index is -0.551. The summed E-state index contributed by atoms with van der Waals surface area (Å²) in [7, 11) is 0. The molecule has 0 spiro atoms. The number of carbonyl (C=O) groups is 1. The number of aliphatic hydroxyl groups excluding tert-OH is 1. The van der Waals surface area contributed by atoms with Crippen molar-refractivity contribution in [3.05, 3.63) is 22.0 Å². The average Bonchev–Trinajstić information content (AvgIpc) is 2.56. The van der Waals surface area contributed by atoms with E-state index in [4.69, 9.17) is 5.11 Å². The van der Waals surface area contributed by atoms with Crippen LogP contribution >= 0.6 is 0 Å². The van der Waals surface area contributed by atoms with E-state index in [1.807, 2.05) is 0 Å². The summed E-state index contributed by atoms with van der Waals surface area (Å²) in [6.45, 7) is 1.40. The van der Waals surface area contributed by atoms with Crippen molar-refractivity contribution >= 4 is 11.6 Å². The fourth-order valence-electron chi connectivity index (χ4n) is 1.17. The fourth-order valence-corrected chi connectivity index (χ4v) is 1.17. The summed E-state index contributed by atoms with van der Waals surface area (Å²) in [6, 6.07) is 0. The van der Waals surface area contributed by atoms with Crippen molar-refractivity contribution in [1.29, 1.82) is 0 Å². The third kappa shape index (κ3) is 3.02. The summed E-state index contributed by atoms with van der Waals surface area (Å²) in [5.41, 5.74) is 0.148. The van der Waals surface area contributed by atoms with Crippen LogP contribution < -0.4 is 5.32 Å². The van der Waals surface area contributed by atoms with Crippen LogP contribution in [0.4, 0.5) is 5.69 Å². The van der Waals surface area contributed by atoms with Crippen molar-refractivity contribution in [3.8, 4) is 0 Å². The molecule has 0 aliphatic rings. The zero-order valence-corrected chi connectivity index (χ0v) is 8.71. The molecule has 0 aromatic carbocycles. The molecule has 0 aliphatic carbocycles. The number of aromatic nitrogens is 2. The number of rotatable bonds is 5. The quantitative estimate of drug-likeness (QED) is 0.506. The Balaban J connectivity index is 2.64. The van der Waals surface area contributed by atoms with E-state index in [0.29, 0.717) is 0 Å². The SMILES string of the molecule is Cc1nn(CC(=O)NCCO)cc1[N+](=O)[O-]. The van der Waals surface area contributed by atoms with E-state index in [1.54, 1.807) is 0 Å². The maximum atomic E-state index is 11.2. The van der Waals surface area contributed by atoms with Gasteiger partial charge < -0.3 is 10.4 Å². The van der Waals surface area contributed by atoms with Gasteiger partial charge >= 0.3 is 5.69 Å². The number of hydrogen-bond acceptors (Lipinski definition) is 5. The van der Waals surface area contributed by atoms with Crippen LogP contribution in [0.25, 0.3) is 0 Å². The van der Waals surface area contributed by atoms with E-state index < -0.39 is 4.92 Å². The van der Waals surface area contributed by atoms with Gasteiger partial charge in [0.1, 0.15) is 18.4 Å². The molecule has 0 saturated heterocycles. The second kappa shape index (κ2) is 5.21. The number of nitrogens with zero attached hydrogens (tertiary/aromatic N) is 3. The smallest absolute Gasteiger partial charge is 0.309 e. The molecule has 0 radical (unpaired) electrons. The highest BCUT2D eigenvalue weighted by Gasteiger charge is 2.16. The third-order valence-electron chi connectivity index (χ3n) is 1.86. The highest BCUT2D eigenvalue weighted by molar-refractivity contribution is 5.75. The molecule has 0 bridgehead atoms. The number of nitro groups is 1. The molecule has 1 amide bonds. The lowest BCUT2D eigenvalue weighted by Gasteiger charge is -2.02. The van der Waals surface area contributed by atoms with Gasteiger partial charge in [-0.3, -0.25) is 19.6 Å². The van der Waals surface area contributed by atoms with Gasteiger partial charge in [0.2, 0.25) is 5.91 Å². The van der Waals surface area contributed by atoms with Gasteiger partial charge in [0.05, 0.1) is 11.5 Å². The molecule has 0 aliphatic heterocycles. The maximum absolute atomic E-state index is 11.2. The second-order valence-electron chi connectivity index (χ2n) is 3.13. The van der Waals surface area contributed by atoms with Crippen LogP contribution in [0.2, 0.25) is 0 Å². The molecule has 16 heavy (non-hydrogen) atoms. The van der Waals surface area contributed by atoms with E-state index in [1.165, 1.54) is 17.8 Å². The first kappa shape index (κ1) is 12.1. The Kier molecular flexibility index (Phi) is 3.95. The van der Waals surface area contributed by atoms with Crippen LogP contribution in [0.1, 0.15) is 5.69 Å². The Labute approximate surface area is 91.0 Å². The number of amides is 1. The zero-order valence-electron chi connectivity index (χ0n) is 8.71. The van der Waals surface area contributed by atoms with Crippen LogP contribution in [-0.2, 0) is 11.3 Å². The van der Waals surface area contributed by atoms with Crippen LogP contribution in [0, 0.1) is 17.0 Å². The van der Waals surface area contributed by atoms with Crippen molar-refractivity contribution in [3.63, 3.8) is 0 Å². The highest BCUT2D eigenvalue weighted by Crippen LogP contribution is 2.14. The van der Waals surface area contributed by atoms with Crippen LogP contribution in [0.5, 0.6) is 0 Å². The lowest BCUT2D eigenvalue weighted by molar-refractivity contribution is -0.385. The van der Waals surface area contributed by atoms with Gasteiger partial charge in [0.25, 0.3) is 0 Å². The molecule has 8 nitrogen and oxygen atoms in total. The van der Waals surface area contributed by atoms with Crippen LogP contribution in [0.15, 0.2) is 6.20 Å². The summed E-state index contributed by atoms with van der Waals surface area (Å²) in [4.78, 5) is 21.2. The topological polar surface area (TPSA) is 110 Å². The lowest BCUT2D eigenvalue weighted by atomic mass is 10.4.